The number of rotatable bonds is 6. The van der Waals surface area contributed by atoms with Crippen LogP contribution in [0.3, 0.4) is 0 Å². The van der Waals surface area contributed by atoms with Crippen LogP contribution in [0.2, 0.25) is 0 Å². The normalized spacial score (nSPS) is 21.8. The molecule has 104 valence electrons. The highest BCUT2D eigenvalue weighted by molar-refractivity contribution is 5.06. The van der Waals surface area contributed by atoms with E-state index in [2.05, 4.69) is 42.2 Å². The van der Waals surface area contributed by atoms with E-state index in [-0.39, 0.29) is 0 Å². The number of likely N-dealkylation sites (tertiary alicyclic amines) is 1. The third-order valence-corrected chi connectivity index (χ3v) is 3.89. The number of hydrogen-bond acceptors (Lipinski definition) is 4. The number of nitriles is 1. The summed E-state index contributed by atoms with van der Waals surface area (Å²) in [5.74, 6) is 0. The van der Waals surface area contributed by atoms with E-state index in [4.69, 9.17) is 0 Å². The molecule has 1 rings (SSSR count). The summed E-state index contributed by atoms with van der Waals surface area (Å²) in [4.78, 5) is 4.74. The van der Waals surface area contributed by atoms with E-state index in [9.17, 15) is 5.26 Å². The summed E-state index contributed by atoms with van der Waals surface area (Å²) in [6.07, 6.45) is 3.49. The molecular weight excluding hydrogens is 224 g/mol. The van der Waals surface area contributed by atoms with Gasteiger partial charge in [0.05, 0.1) is 6.07 Å². The lowest BCUT2D eigenvalue weighted by Crippen LogP contribution is -2.53. The Morgan fingerprint density at radius 1 is 1.44 bits per heavy atom. The third-order valence-electron chi connectivity index (χ3n) is 3.89. The minimum absolute atomic E-state index is 0.423. The summed E-state index contributed by atoms with van der Waals surface area (Å²) in [5.41, 5.74) is -0.423. The lowest BCUT2D eigenvalue weighted by molar-refractivity contribution is 0.126. The van der Waals surface area contributed by atoms with Gasteiger partial charge in [-0.05, 0) is 59.9 Å². The average molecular weight is 252 g/mol. The van der Waals surface area contributed by atoms with Crippen molar-refractivity contribution in [1.29, 1.82) is 5.26 Å². The van der Waals surface area contributed by atoms with Gasteiger partial charge in [0.1, 0.15) is 5.54 Å². The Morgan fingerprint density at radius 3 is 2.56 bits per heavy atom. The molecule has 4 heteroatoms. The highest BCUT2D eigenvalue weighted by atomic mass is 15.2. The number of nitrogens with zero attached hydrogens (tertiary/aromatic N) is 3. The van der Waals surface area contributed by atoms with Gasteiger partial charge in [0.2, 0.25) is 0 Å². The fourth-order valence-corrected chi connectivity index (χ4v) is 2.60. The standard InChI is InChI=1S/C14H28N4/c1-5-8-16-14(2,11-15)12-18(4)13-6-9-17(3)10-7-13/h13,16H,5-10,12H2,1-4H3. The quantitative estimate of drug-likeness (QED) is 0.773. The molecule has 1 saturated heterocycles. The van der Waals surface area contributed by atoms with E-state index in [1.165, 1.54) is 25.9 Å². The summed E-state index contributed by atoms with van der Waals surface area (Å²) in [5, 5.41) is 12.7. The van der Waals surface area contributed by atoms with Crippen molar-refractivity contribution < 1.29 is 0 Å². The Kier molecular flexibility index (Phi) is 6.07. The van der Waals surface area contributed by atoms with Gasteiger partial charge in [-0.3, -0.25) is 5.32 Å². The zero-order chi connectivity index (χ0) is 13.6. The average Bonchev–Trinajstić information content (AvgIpc) is 2.37. The minimum Gasteiger partial charge on any atom is -0.306 e. The molecule has 18 heavy (non-hydrogen) atoms. The van der Waals surface area contributed by atoms with E-state index in [1.807, 2.05) is 6.92 Å². The smallest absolute Gasteiger partial charge is 0.116 e. The summed E-state index contributed by atoms with van der Waals surface area (Å²) in [6.45, 7) is 8.18. The molecule has 1 fully saturated rings. The maximum atomic E-state index is 9.35. The Labute approximate surface area is 112 Å². The molecule has 1 N–H and O–H groups in total. The van der Waals surface area contributed by atoms with E-state index in [0.717, 1.165) is 19.5 Å². The lowest BCUT2D eigenvalue weighted by Gasteiger charge is -2.38. The van der Waals surface area contributed by atoms with Gasteiger partial charge in [-0.15, -0.1) is 0 Å². The number of piperidine rings is 1. The van der Waals surface area contributed by atoms with E-state index in [1.54, 1.807) is 0 Å². The van der Waals surface area contributed by atoms with E-state index in [0.29, 0.717) is 6.04 Å². The van der Waals surface area contributed by atoms with E-state index >= 15 is 0 Å². The molecule has 1 aliphatic rings. The predicted molar refractivity (Wildman–Crippen MR) is 75.5 cm³/mol. The van der Waals surface area contributed by atoms with Crippen LogP contribution in [0.4, 0.5) is 0 Å². The molecule has 0 amide bonds. The Bertz CT molecular complexity index is 278. The largest absolute Gasteiger partial charge is 0.306 e. The van der Waals surface area contributed by atoms with Gasteiger partial charge in [-0.25, -0.2) is 0 Å². The van der Waals surface area contributed by atoms with Crippen molar-refractivity contribution in [1.82, 2.24) is 15.1 Å². The number of hydrogen-bond donors (Lipinski definition) is 1. The van der Waals surface area contributed by atoms with Crippen LogP contribution < -0.4 is 5.32 Å². The van der Waals surface area contributed by atoms with Gasteiger partial charge >= 0.3 is 0 Å². The summed E-state index contributed by atoms with van der Waals surface area (Å²) in [6, 6.07) is 3.05. The van der Waals surface area contributed by atoms with Gasteiger partial charge in [0.25, 0.3) is 0 Å². The van der Waals surface area contributed by atoms with E-state index < -0.39 is 5.54 Å². The molecule has 4 nitrogen and oxygen atoms in total. The Balaban J connectivity index is 2.46. The van der Waals surface area contributed by atoms with Crippen molar-refractivity contribution in [2.24, 2.45) is 0 Å². The molecule has 1 atom stereocenters. The second kappa shape index (κ2) is 7.08. The zero-order valence-corrected chi connectivity index (χ0v) is 12.4. The molecule has 0 saturated carbocycles. The first-order chi connectivity index (χ1) is 8.50. The van der Waals surface area contributed by atoms with Gasteiger partial charge in [0.15, 0.2) is 0 Å². The van der Waals surface area contributed by atoms with Crippen LogP contribution in [-0.2, 0) is 0 Å². The molecule has 0 radical (unpaired) electrons. The molecule has 1 heterocycles. The van der Waals surface area contributed by atoms with Crippen LogP contribution in [-0.4, -0.2) is 61.7 Å². The van der Waals surface area contributed by atoms with Crippen molar-refractivity contribution in [2.75, 3.05) is 40.3 Å². The molecule has 0 spiro atoms. The summed E-state index contributed by atoms with van der Waals surface area (Å²) in [7, 11) is 4.33. The van der Waals surface area contributed by atoms with Crippen molar-refractivity contribution in [3.63, 3.8) is 0 Å². The topological polar surface area (TPSA) is 42.3 Å². The van der Waals surface area contributed by atoms with Gasteiger partial charge in [0, 0.05) is 12.6 Å². The first kappa shape index (κ1) is 15.4. The molecule has 1 unspecified atom stereocenters. The summed E-state index contributed by atoms with van der Waals surface area (Å²) >= 11 is 0. The first-order valence-electron chi connectivity index (χ1n) is 7.06. The van der Waals surface area contributed by atoms with Crippen molar-refractivity contribution in [3.05, 3.63) is 0 Å². The first-order valence-corrected chi connectivity index (χ1v) is 7.06. The van der Waals surface area contributed by atoms with Gasteiger partial charge in [-0.2, -0.15) is 5.26 Å². The van der Waals surface area contributed by atoms with Crippen LogP contribution in [0.15, 0.2) is 0 Å². The predicted octanol–water partition coefficient (Wildman–Crippen LogP) is 1.29. The van der Waals surface area contributed by atoms with Crippen molar-refractivity contribution in [3.8, 4) is 6.07 Å². The second-order valence-electron chi connectivity index (χ2n) is 5.82. The van der Waals surface area contributed by atoms with Crippen molar-refractivity contribution >= 4 is 0 Å². The SMILES string of the molecule is CCCNC(C)(C#N)CN(C)C1CCN(C)CC1. The Morgan fingerprint density at radius 2 is 2.06 bits per heavy atom. The molecule has 0 bridgehead atoms. The number of likely N-dealkylation sites (N-methyl/N-ethyl adjacent to an activating group) is 1. The molecule has 0 aromatic carbocycles. The fourth-order valence-electron chi connectivity index (χ4n) is 2.60. The minimum atomic E-state index is -0.423. The third kappa shape index (κ3) is 4.56. The number of nitrogens with one attached hydrogen (secondary N) is 1. The van der Waals surface area contributed by atoms with Crippen LogP contribution >= 0.6 is 0 Å². The van der Waals surface area contributed by atoms with Crippen LogP contribution in [0.25, 0.3) is 0 Å². The Hall–Kier alpha value is -0.630. The fraction of sp³-hybridized carbons (Fsp3) is 0.929. The molecule has 0 aromatic rings. The second-order valence-corrected chi connectivity index (χ2v) is 5.82. The molecule has 0 aliphatic carbocycles. The zero-order valence-electron chi connectivity index (χ0n) is 12.4. The lowest BCUT2D eigenvalue weighted by atomic mass is 9.99. The van der Waals surface area contributed by atoms with Crippen LogP contribution in [0.1, 0.15) is 33.1 Å². The van der Waals surface area contributed by atoms with Gasteiger partial charge in [-0.1, -0.05) is 6.92 Å². The maximum absolute atomic E-state index is 9.35. The molecular formula is C14H28N4. The van der Waals surface area contributed by atoms with Crippen LogP contribution in [0.5, 0.6) is 0 Å². The van der Waals surface area contributed by atoms with Gasteiger partial charge < -0.3 is 9.80 Å². The molecule has 0 aromatic heterocycles. The highest BCUT2D eigenvalue weighted by Gasteiger charge is 2.29. The van der Waals surface area contributed by atoms with Crippen LogP contribution in [0, 0.1) is 11.3 Å². The summed E-state index contributed by atoms with van der Waals surface area (Å²) < 4.78 is 0. The highest BCUT2D eigenvalue weighted by Crippen LogP contribution is 2.16. The maximum Gasteiger partial charge on any atom is 0.116 e. The molecule has 1 aliphatic heterocycles. The monoisotopic (exact) mass is 252 g/mol. The van der Waals surface area contributed by atoms with Crippen molar-refractivity contribution in [2.45, 2.75) is 44.7 Å².